The molecule has 10 heteroatoms. The molecule has 6 rings (SSSR count). The van der Waals surface area contributed by atoms with Crippen LogP contribution in [0.5, 0.6) is 0 Å². The lowest BCUT2D eigenvalue weighted by Crippen LogP contribution is -2.51. The van der Waals surface area contributed by atoms with E-state index in [4.69, 9.17) is 19.2 Å². The number of anilines is 1. The highest BCUT2D eigenvalue weighted by atomic mass is 16.5. The van der Waals surface area contributed by atoms with E-state index in [1.54, 1.807) is 24.9 Å². The van der Waals surface area contributed by atoms with Crippen LogP contribution in [-0.4, -0.2) is 77.8 Å². The Balaban J connectivity index is 1.45. The van der Waals surface area contributed by atoms with Gasteiger partial charge in [0.2, 0.25) is 0 Å². The maximum Gasteiger partial charge on any atom is 0.257 e. The molecule has 1 aromatic carbocycles. The second kappa shape index (κ2) is 9.20. The van der Waals surface area contributed by atoms with E-state index in [9.17, 15) is 4.79 Å². The molecule has 4 atom stereocenters. The summed E-state index contributed by atoms with van der Waals surface area (Å²) in [5.74, 6) is 0.542. The Kier molecular flexibility index (Phi) is 5.87. The second-order valence-electron chi connectivity index (χ2n) is 9.35. The van der Waals surface area contributed by atoms with Crippen LogP contribution in [0.15, 0.2) is 42.7 Å². The molecule has 1 saturated heterocycles. The summed E-state index contributed by atoms with van der Waals surface area (Å²) in [7, 11) is 5.23. The molecular formula is C26H30N6O4. The fourth-order valence-electron chi connectivity index (χ4n) is 5.29. The summed E-state index contributed by atoms with van der Waals surface area (Å²) in [6.07, 6.45) is 5.56. The SMILES string of the molecule is CNc1cc(-c2cn([C@H]3COC[C@@H]3OC)c3ccccc23)nc2c(C(=O)N[C@@H]3CC[C@H]3OC)cnn12. The molecule has 1 amide bonds. The summed E-state index contributed by atoms with van der Waals surface area (Å²) in [6, 6.07) is 10.3. The lowest BCUT2D eigenvalue weighted by molar-refractivity contribution is 0.00732. The third-order valence-corrected chi connectivity index (χ3v) is 7.48. The van der Waals surface area contributed by atoms with Crippen molar-refractivity contribution in [1.82, 2.24) is 24.5 Å². The monoisotopic (exact) mass is 490 g/mol. The Morgan fingerprint density at radius 1 is 1.14 bits per heavy atom. The molecule has 0 radical (unpaired) electrons. The fraction of sp³-hybridized carbons (Fsp3) is 0.423. The van der Waals surface area contributed by atoms with Crippen molar-refractivity contribution >= 4 is 28.3 Å². The number of amides is 1. The zero-order valence-corrected chi connectivity index (χ0v) is 20.6. The summed E-state index contributed by atoms with van der Waals surface area (Å²) in [6.45, 7) is 1.15. The lowest BCUT2D eigenvalue weighted by atomic mass is 9.89. The van der Waals surface area contributed by atoms with E-state index in [0.29, 0.717) is 24.4 Å². The fourth-order valence-corrected chi connectivity index (χ4v) is 5.29. The van der Waals surface area contributed by atoms with E-state index in [-0.39, 0.29) is 30.2 Å². The van der Waals surface area contributed by atoms with E-state index in [1.165, 1.54) is 0 Å². The molecule has 2 aliphatic rings. The van der Waals surface area contributed by atoms with Crippen LogP contribution < -0.4 is 10.6 Å². The molecule has 36 heavy (non-hydrogen) atoms. The number of methoxy groups -OCH3 is 2. The van der Waals surface area contributed by atoms with Gasteiger partial charge in [0.1, 0.15) is 17.5 Å². The molecule has 0 spiro atoms. The van der Waals surface area contributed by atoms with E-state index in [2.05, 4.69) is 38.6 Å². The highest BCUT2D eigenvalue weighted by Crippen LogP contribution is 2.36. The topological polar surface area (TPSA) is 104 Å². The van der Waals surface area contributed by atoms with Crippen LogP contribution in [0.3, 0.4) is 0 Å². The normalized spacial score (nSPS) is 23.8. The molecule has 0 unspecified atom stereocenters. The molecule has 1 saturated carbocycles. The molecule has 2 fully saturated rings. The van der Waals surface area contributed by atoms with Crippen LogP contribution in [0.25, 0.3) is 27.8 Å². The van der Waals surface area contributed by atoms with Gasteiger partial charge in [-0.3, -0.25) is 4.79 Å². The predicted molar refractivity (Wildman–Crippen MR) is 135 cm³/mol. The first-order chi connectivity index (χ1) is 17.6. The number of benzene rings is 1. The van der Waals surface area contributed by atoms with E-state index in [0.717, 1.165) is 40.8 Å². The quantitative estimate of drug-likeness (QED) is 0.411. The van der Waals surface area contributed by atoms with Gasteiger partial charge in [0, 0.05) is 50.0 Å². The smallest absolute Gasteiger partial charge is 0.257 e. The number of carbonyl (C=O) groups excluding carboxylic acids is 1. The highest BCUT2D eigenvalue weighted by Gasteiger charge is 2.34. The number of fused-ring (bicyclic) bond motifs is 2. The molecule has 10 nitrogen and oxygen atoms in total. The minimum absolute atomic E-state index is 0.00439. The zero-order chi connectivity index (χ0) is 24.8. The molecule has 0 bridgehead atoms. The van der Waals surface area contributed by atoms with Gasteiger partial charge in [-0.2, -0.15) is 9.61 Å². The van der Waals surface area contributed by atoms with Crippen LogP contribution in [0, 0.1) is 0 Å². The van der Waals surface area contributed by atoms with Gasteiger partial charge in [-0.15, -0.1) is 0 Å². The van der Waals surface area contributed by atoms with Gasteiger partial charge in [-0.25, -0.2) is 4.98 Å². The number of hydrogen-bond acceptors (Lipinski definition) is 7. The van der Waals surface area contributed by atoms with Crippen LogP contribution in [0.1, 0.15) is 29.2 Å². The van der Waals surface area contributed by atoms with Gasteiger partial charge in [0.25, 0.3) is 5.91 Å². The molecule has 2 N–H and O–H groups in total. The van der Waals surface area contributed by atoms with Gasteiger partial charge in [-0.1, -0.05) is 18.2 Å². The first-order valence-corrected chi connectivity index (χ1v) is 12.2. The van der Waals surface area contributed by atoms with Crippen LogP contribution >= 0.6 is 0 Å². The minimum atomic E-state index is -0.197. The van der Waals surface area contributed by atoms with E-state index >= 15 is 0 Å². The largest absolute Gasteiger partial charge is 0.379 e. The zero-order valence-electron chi connectivity index (χ0n) is 20.6. The maximum atomic E-state index is 13.2. The third-order valence-electron chi connectivity index (χ3n) is 7.48. The van der Waals surface area contributed by atoms with Gasteiger partial charge < -0.3 is 29.4 Å². The standard InChI is InChI=1S/C26H30N6O4/c1-27-24-10-19(29-25-16(11-28-32(24)25)26(33)30-18-8-9-22(18)34-2)17-12-31(20-7-5-4-6-15(17)20)21-13-36-14-23(21)35-3/h4-7,10-12,18,21-23,27H,8-9,13-14H2,1-3H3,(H,30,33)/t18-,21+,22-,23+/m1/s1. The summed E-state index contributed by atoms with van der Waals surface area (Å²) < 4.78 is 20.7. The Labute approximate surface area is 208 Å². The Hall–Kier alpha value is -3.47. The van der Waals surface area contributed by atoms with Gasteiger partial charge in [0.15, 0.2) is 5.65 Å². The van der Waals surface area contributed by atoms with Crippen molar-refractivity contribution in [3.63, 3.8) is 0 Å². The molecule has 3 aromatic heterocycles. The molecule has 4 heterocycles. The van der Waals surface area contributed by atoms with Crippen LogP contribution in [-0.2, 0) is 14.2 Å². The molecule has 1 aliphatic heterocycles. The average molecular weight is 491 g/mol. The van der Waals surface area contributed by atoms with Gasteiger partial charge in [-0.05, 0) is 18.9 Å². The number of ether oxygens (including phenoxy) is 3. The van der Waals surface area contributed by atoms with Crippen molar-refractivity contribution in [1.29, 1.82) is 0 Å². The number of para-hydroxylation sites is 1. The number of carbonyl (C=O) groups is 1. The molecule has 1 aliphatic carbocycles. The first kappa shape index (κ1) is 23.0. The minimum Gasteiger partial charge on any atom is -0.379 e. The third kappa shape index (κ3) is 3.64. The predicted octanol–water partition coefficient (Wildman–Crippen LogP) is 2.89. The highest BCUT2D eigenvalue weighted by molar-refractivity contribution is 6.01. The number of aromatic nitrogens is 4. The van der Waals surface area contributed by atoms with E-state index < -0.39 is 0 Å². The number of hydrogen-bond donors (Lipinski definition) is 2. The van der Waals surface area contributed by atoms with Crippen molar-refractivity contribution in [3.05, 3.63) is 48.3 Å². The maximum absolute atomic E-state index is 13.2. The number of rotatable bonds is 7. The van der Waals surface area contributed by atoms with Crippen molar-refractivity contribution in [2.45, 2.75) is 37.1 Å². The van der Waals surface area contributed by atoms with Gasteiger partial charge >= 0.3 is 0 Å². The first-order valence-electron chi connectivity index (χ1n) is 12.2. The molecule has 188 valence electrons. The van der Waals surface area contributed by atoms with Crippen LogP contribution in [0.2, 0.25) is 0 Å². The summed E-state index contributed by atoms with van der Waals surface area (Å²) >= 11 is 0. The summed E-state index contributed by atoms with van der Waals surface area (Å²) in [4.78, 5) is 18.1. The van der Waals surface area contributed by atoms with E-state index in [1.807, 2.05) is 25.2 Å². The Morgan fingerprint density at radius 3 is 2.72 bits per heavy atom. The van der Waals surface area contributed by atoms with Gasteiger partial charge in [0.05, 0.1) is 43.3 Å². The number of nitrogens with one attached hydrogen (secondary N) is 2. The number of nitrogens with zero attached hydrogens (tertiary/aromatic N) is 4. The van der Waals surface area contributed by atoms with Crippen LogP contribution in [0.4, 0.5) is 5.82 Å². The Bertz CT molecular complexity index is 1430. The second-order valence-corrected chi connectivity index (χ2v) is 9.35. The van der Waals surface area contributed by atoms with Crippen molar-refractivity contribution in [2.75, 3.05) is 39.8 Å². The summed E-state index contributed by atoms with van der Waals surface area (Å²) in [5.41, 5.74) is 3.74. The average Bonchev–Trinajstić information content (AvgIpc) is 3.62. The molecular weight excluding hydrogens is 460 g/mol. The lowest BCUT2D eigenvalue weighted by Gasteiger charge is -2.35. The van der Waals surface area contributed by atoms with Crippen molar-refractivity contribution in [3.8, 4) is 11.3 Å². The van der Waals surface area contributed by atoms with Crippen molar-refractivity contribution in [2.24, 2.45) is 0 Å². The summed E-state index contributed by atoms with van der Waals surface area (Å²) in [5, 5.41) is 11.8. The van der Waals surface area contributed by atoms with Crippen molar-refractivity contribution < 1.29 is 19.0 Å². The molecule has 4 aromatic rings. The Morgan fingerprint density at radius 2 is 1.97 bits per heavy atom.